The van der Waals surface area contributed by atoms with E-state index in [1.807, 2.05) is 30.0 Å². The number of thiophene rings is 1. The predicted octanol–water partition coefficient (Wildman–Crippen LogP) is 4.12. The van der Waals surface area contributed by atoms with Gasteiger partial charge in [-0.2, -0.15) is 11.8 Å². The maximum absolute atomic E-state index is 12.3. The molecule has 0 aliphatic carbocycles. The van der Waals surface area contributed by atoms with Gasteiger partial charge in [-0.05, 0) is 53.8 Å². The van der Waals surface area contributed by atoms with E-state index in [1.54, 1.807) is 11.3 Å². The molecular weight excluding hydrogens is 350 g/mol. The van der Waals surface area contributed by atoms with E-state index >= 15 is 0 Å². The van der Waals surface area contributed by atoms with E-state index in [0.29, 0.717) is 12.2 Å². The summed E-state index contributed by atoms with van der Waals surface area (Å²) in [6.45, 7) is 0.637. The van der Waals surface area contributed by atoms with Gasteiger partial charge in [0.1, 0.15) is 11.3 Å². The number of allylic oxidation sites excluding steroid dienone is 1. The van der Waals surface area contributed by atoms with Crippen molar-refractivity contribution >= 4 is 45.6 Å². The lowest BCUT2D eigenvalue weighted by Gasteiger charge is -2.11. The van der Waals surface area contributed by atoms with Crippen molar-refractivity contribution in [3.8, 4) is 0 Å². The van der Waals surface area contributed by atoms with Gasteiger partial charge in [0.15, 0.2) is 0 Å². The highest BCUT2D eigenvalue weighted by atomic mass is 32.2. The van der Waals surface area contributed by atoms with Crippen molar-refractivity contribution in [3.05, 3.63) is 58.1 Å². The molecule has 1 aliphatic heterocycles. The van der Waals surface area contributed by atoms with Crippen LogP contribution in [0.2, 0.25) is 0 Å². The fraction of sp³-hybridized carbons (Fsp3) is 0.263. The van der Waals surface area contributed by atoms with Gasteiger partial charge in [-0.1, -0.05) is 12.1 Å². The molecule has 4 heterocycles. The molecule has 0 unspecified atom stereocenters. The molecule has 1 aliphatic rings. The van der Waals surface area contributed by atoms with Crippen LogP contribution >= 0.6 is 23.1 Å². The maximum Gasteiger partial charge on any atom is 0.267 e. The average Bonchev–Trinajstić information content (AvgIpc) is 3.31. The molecule has 0 saturated carbocycles. The van der Waals surface area contributed by atoms with Crippen molar-refractivity contribution in [2.75, 3.05) is 18.1 Å². The molecule has 0 saturated heterocycles. The molecule has 2 N–H and O–H groups in total. The zero-order valence-corrected chi connectivity index (χ0v) is 15.4. The Hall–Kier alpha value is -2.05. The molecule has 0 aromatic carbocycles. The van der Waals surface area contributed by atoms with Crippen LogP contribution in [0, 0.1) is 0 Å². The van der Waals surface area contributed by atoms with Crippen molar-refractivity contribution in [2.24, 2.45) is 0 Å². The Morgan fingerprint density at radius 2 is 2.28 bits per heavy atom. The van der Waals surface area contributed by atoms with Gasteiger partial charge in [0.05, 0.1) is 5.69 Å². The van der Waals surface area contributed by atoms with Gasteiger partial charge in [0.25, 0.3) is 5.91 Å². The second kappa shape index (κ2) is 7.45. The molecule has 0 atom stereocenters. The Morgan fingerprint density at radius 3 is 3.08 bits per heavy atom. The van der Waals surface area contributed by atoms with Gasteiger partial charge in [0.2, 0.25) is 0 Å². The molecule has 6 heteroatoms. The van der Waals surface area contributed by atoms with Crippen LogP contribution in [0.1, 0.15) is 27.5 Å². The summed E-state index contributed by atoms with van der Waals surface area (Å²) in [5.41, 5.74) is 3.66. The molecule has 4 rings (SSSR count). The van der Waals surface area contributed by atoms with E-state index in [-0.39, 0.29) is 5.91 Å². The third-order valence-corrected chi connectivity index (χ3v) is 6.08. The first-order valence-electron chi connectivity index (χ1n) is 8.37. The molecule has 1 amide bonds. The van der Waals surface area contributed by atoms with Gasteiger partial charge in [-0.15, -0.1) is 11.3 Å². The van der Waals surface area contributed by atoms with Gasteiger partial charge in [-0.3, -0.25) is 4.79 Å². The van der Waals surface area contributed by atoms with E-state index in [0.717, 1.165) is 41.1 Å². The number of nitrogens with zero attached hydrogens (tertiary/aromatic N) is 1. The Bertz CT molecular complexity index is 912. The third kappa shape index (κ3) is 3.80. The van der Waals surface area contributed by atoms with Crippen molar-refractivity contribution < 1.29 is 4.79 Å². The Morgan fingerprint density at radius 1 is 1.32 bits per heavy atom. The molecule has 0 bridgehead atoms. The highest BCUT2D eigenvalue weighted by molar-refractivity contribution is 7.99. The number of aromatic amines is 1. The number of hydrogen-bond acceptors (Lipinski definition) is 4. The van der Waals surface area contributed by atoms with Crippen LogP contribution < -0.4 is 5.32 Å². The molecule has 3 aromatic rings. The summed E-state index contributed by atoms with van der Waals surface area (Å²) in [5, 5.41) is 6.00. The van der Waals surface area contributed by atoms with Gasteiger partial charge >= 0.3 is 0 Å². The monoisotopic (exact) mass is 369 g/mol. The molecule has 0 radical (unpaired) electrons. The van der Waals surface area contributed by atoms with Gasteiger partial charge in [0, 0.05) is 22.6 Å². The summed E-state index contributed by atoms with van der Waals surface area (Å²) in [5.74, 6) is 2.12. The SMILES string of the molecule is O=C(NCCc1cccs1)c1cc2ccc(C3=CCSCC3)nc2[nH]1. The second-order valence-electron chi connectivity index (χ2n) is 5.96. The number of hydrogen-bond donors (Lipinski definition) is 2. The fourth-order valence-corrected chi connectivity index (χ4v) is 4.47. The number of aromatic nitrogens is 2. The zero-order valence-electron chi connectivity index (χ0n) is 13.7. The number of thioether (sulfide) groups is 1. The number of nitrogens with one attached hydrogen (secondary N) is 2. The van der Waals surface area contributed by atoms with Crippen LogP contribution in [0.25, 0.3) is 16.6 Å². The Balaban J connectivity index is 1.46. The largest absolute Gasteiger partial charge is 0.350 e. The number of amides is 1. The van der Waals surface area contributed by atoms with Crippen LogP contribution in [0.3, 0.4) is 0 Å². The maximum atomic E-state index is 12.3. The van der Waals surface area contributed by atoms with E-state index in [2.05, 4.69) is 33.9 Å². The lowest BCUT2D eigenvalue weighted by molar-refractivity contribution is 0.0950. The minimum atomic E-state index is -0.0793. The highest BCUT2D eigenvalue weighted by Gasteiger charge is 2.12. The zero-order chi connectivity index (χ0) is 17.1. The first kappa shape index (κ1) is 16.4. The van der Waals surface area contributed by atoms with Crippen molar-refractivity contribution in [3.63, 3.8) is 0 Å². The molecule has 0 spiro atoms. The van der Waals surface area contributed by atoms with Crippen LogP contribution in [0.15, 0.2) is 41.8 Å². The topological polar surface area (TPSA) is 57.8 Å². The van der Waals surface area contributed by atoms with Crippen LogP contribution in [0.4, 0.5) is 0 Å². The first-order chi connectivity index (χ1) is 12.3. The number of fused-ring (bicyclic) bond motifs is 1. The molecule has 3 aromatic heterocycles. The number of pyridine rings is 1. The van der Waals surface area contributed by atoms with Gasteiger partial charge < -0.3 is 10.3 Å². The van der Waals surface area contributed by atoms with E-state index < -0.39 is 0 Å². The average molecular weight is 370 g/mol. The number of H-pyrrole nitrogens is 1. The normalized spacial score (nSPS) is 14.5. The number of carbonyl (C=O) groups is 1. The van der Waals surface area contributed by atoms with Crippen molar-refractivity contribution in [1.29, 1.82) is 0 Å². The lowest BCUT2D eigenvalue weighted by atomic mass is 10.1. The molecule has 4 nitrogen and oxygen atoms in total. The highest BCUT2D eigenvalue weighted by Crippen LogP contribution is 2.26. The summed E-state index contributed by atoms with van der Waals surface area (Å²) in [4.78, 5) is 21.5. The Labute approximate surface area is 154 Å². The van der Waals surface area contributed by atoms with Crippen LogP contribution in [-0.4, -0.2) is 33.9 Å². The van der Waals surface area contributed by atoms with Crippen molar-refractivity contribution in [1.82, 2.24) is 15.3 Å². The molecule has 25 heavy (non-hydrogen) atoms. The minimum absolute atomic E-state index is 0.0793. The fourth-order valence-electron chi connectivity index (χ4n) is 2.92. The summed E-state index contributed by atoms with van der Waals surface area (Å²) in [6.07, 6.45) is 4.17. The third-order valence-electron chi connectivity index (χ3n) is 4.25. The Kier molecular flexibility index (Phi) is 4.90. The van der Waals surface area contributed by atoms with E-state index in [9.17, 15) is 4.79 Å². The summed E-state index contributed by atoms with van der Waals surface area (Å²) in [7, 11) is 0. The summed E-state index contributed by atoms with van der Waals surface area (Å²) >= 11 is 3.66. The van der Waals surface area contributed by atoms with E-state index in [4.69, 9.17) is 4.98 Å². The summed E-state index contributed by atoms with van der Waals surface area (Å²) in [6, 6.07) is 10.1. The minimum Gasteiger partial charge on any atom is -0.350 e. The molecule has 128 valence electrons. The lowest BCUT2D eigenvalue weighted by Crippen LogP contribution is -2.25. The van der Waals surface area contributed by atoms with Gasteiger partial charge in [-0.25, -0.2) is 4.98 Å². The predicted molar refractivity (Wildman–Crippen MR) is 106 cm³/mol. The number of carbonyl (C=O) groups excluding carboxylic acids is 1. The first-order valence-corrected chi connectivity index (χ1v) is 10.4. The van der Waals surface area contributed by atoms with Crippen molar-refractivity contribution in [2.45, 2.75) is 12.8 Å². The number of rotatable bonds is 5. The second-order valence-corrected chi connectivity index (χ2v) is 8.14. The quantitative estimate of drug-likeness (QED) is 0.711. The smallest absolute Gasteiger partial charge is 0.267 e. The standard InChI is InChI=1S/C19H19N3OS2/c23-19(20-8-5-15-2-1-9-25-15)17-12-14-3-4-16(21-18(14)22-17)13-6-10-24-11-7-13/h1-4,6,9,12H,5,7-8,10-11H2,(H,20,23)(H,21,22). The molecular formula is C19H19N3OS2. The summed E-state index contributed by atoms with van der Waals surface area (Å²) < 4.78 is 0. The van der Waals surface area contributed by atoms with E-state index in [1.165, 1.54) is 10.5 Å². The van der Waals surface area contributed by atoms with Crippen LogP contribution in [-0.2, 0) is 6.42 Å². The van der Waals surface area contributed by atoms with Crippen LogP contribution in [0.5, 0.6) is 0 Å². The molecule has 0 fully saturated rings.